The molecular formula is C15H22N2O2. The molecule has 1 amide bonds. The van der Waals surface area contributed by atoms with Gasteiger partial charge in [0.2, 0.25) is 5.91 Å². The van der Waals surface area contributed by atoms with Crippen LogP contribution in [0.25, 0.3) is 0 Å². The van der Waals surface area contributed by atoms with Gasteiger partial charge in [-0.15, -0.1) is 0 Å². The van der Waals surface area contributed by atoms with Crippen molar-refractivity contribution in [2.75, 3.05) is 26.3 Å². The van der Waals surface area contributed by atoms with E-state index in [1.807, 2.05) is 35.2 Å². The number of nitrogens with zero attached hydrogens (tertiary/aromatic N) is 1. The summed E-state index contributed by atoms with van der Waals surface area (Å²) in [5.41, 5.74) is 1.13. The number of nitrogens with one attached hydrogen (secondary N) is 1. The summed E-state index contributed by atoms with van der Waals surface area (Å²) in [5.74, 6) is 0.146. The van der Waals surface area contributed by atoms with Crippen molar-refractivity contribution in [3.05, 3.63) is 35.9 Å². The topological polar surface area (TPSA) is 41.6 Å². The zero-order valence-corrected chi connectivity index (χ0v) is 11.5. The molecule has 1 N–H and O–H groups in total. The first-order valence-electron chi connectivity index (χ1n) is 6.98. The number of hydrogen-bond donors (Lipinski definition) is 1. The van der Waals surface area contributed by atoms with Crippen molar-refractivity contribution in [2.24, 2.45) is 0 Å². The minimum Gasteiger partial charge on any atom is -0.380 e. The Bertz CT molecular complexity index is 394. The third-order valence-corrected chi connectivity index (χ3v) is 3.31. The number of carbonyl (C=O) groups is 1. The van der Waals surface area contributed by atoms with Crippen molar-refractivity contribution in [1.29, 1.82) is 0 Å². The number of benzene rings is 1. The fourth-order valence-corrected chi connectivity index (χ4v) is 2.24. The normalized spacial score (nSPS) is 19.1. The summed E-state index contributed by atoms with van der Waals surface area (Å²) < 4.78 is 5.55. The van der Waals surface area contributed by atoms with Crippen molar-refractivity contribution in [2.45, 2.75) is 25.9 Å². The van der Waals surface area contributed by atoms with E-state index in [-0.39, 0.29) is 12.1 Å². The van der Waals surface area contributed by atoms with Gasteiger partial charge in [0.25, 0.3) is 0 Å². The Morgan fingerprint density at radius 2 is 2.11 bits per heavy atom. The molecule has 19 heavy (non-hydrogen) atoms. The van der Waals surface area contributed by atoms with E-state index in [0.717, 1.165) is 25.0 Å². The molecule has 1 heterocycles. The molecule has 2 rings (SSSR count). The monoisotopic (exact) mass is 262 g/mol. The summed E-state index contributed by atoms with van der Waals surface area (Å²) >= 11 is 0. The molecule has 1 unspecified atom stereocenters. The van der Waals surface area contributed by atoms with E-state index >= 15 is 0 Å². The van der Waals surface area contributed by atoms with Crippen LogP contribution in [0.3, 0.4) is 0 Å². The highest BCUT2D eigenvalue weighted by Gasteiger charge is 2.30. The van der Waals surface area contributed by atoms with Crippen LogP contribution in [0.5, 0.6) is 0 Å². The first-order chi connectivity index (χ1) is 9.33. The van der Waals surface area contributed by atoms with Gasteiger partial charge in [-0.1, -0.05) is 43.7 Å². The van der Waals surface area contributed by atoms with Crippen LogP contribution in [0.2, 0.25) is 0 Å². The van der Waals surface area contributed by atoms with E-state index in [1.165, 1.54) is 0 Å². The first-order valence-corrected chi connectivity index (χ1v) is 6.98. The van der Waals surface area contributed by atoms with Crippen molar-refractivity contribution in [3.63, 3.8) is 0 Å². The van der Waals surface area contributed by atoms with E-state index in [9.17, 15) is 4.79 Å². The molecule has 4 nitrogen and oxygen atoms in total. The van der Waals surface area contributed by atoms with Gasteiger partial charge in [0, 0.05) is 13.2 Å². The van der Waals surface area contributed by atoms with Gasteiger partial charge in [0.1, 0.15) is 6.17 Å². The first kappa shape index (κ1) is 14.0. The summed E-state index contributed by atoms with van der Waals surface area (Å²) in [6.45, 7) is 4.59. The van der Waals surface area contributed by atoms with Crippen molar-refractivity contribution in [1.82, 2.24) is 10.2 Å². The van der Waals surface area contributed by atoms with E-state index in [2.05, 4.69) is 12.2 Å². The van der Waals surface area contributed by atoms with Gasteiger partial charge >= 0.3 is 0 Å². The molecule has 0 aromatic heterocycles. The van der Waals surface area contributed by atoms with Gasteiger partial charge in [-0.25, -0.2) is 0 Å². The summed E-state index contributed by atoms with van der Waals surface area (Å²) in [6, 6.07) is 10.1. The van der Waals surface area contributed by atoms with Crippen LogP contribution < -0.4 is 5.32 Å². The molecule has 0 radical (unpaired) electrons. The predicted octanol–water partition coefficient (Wildman–Crippen LogP) is 1.93. The second kappa shape index (κ2) is 7.26. The van der Waals surface area contributed by atoms with Crippen LogP contribution in [0.15, 0.2) is 30.3 Å². The minimum atomic E-state index is -0.0107. The second-order valence-corrected chi connectivity index (χ2v) is 4.75. The molecule has 0 saturated carbocycles. The van der Waals surface area contributed by atoms with Crippen LogP contribution >= 0.6 is 0 Å². The van der Waals surface area contributed by atoms with E-state index < -0.39 is 0 Å². The SMILES string of the molecule is CCCCOCCN1C(=O)CNC1c1ccccc1. The lowest BCUT2D eigenvalue weighted by molar-refractivity contribution is -0.128. The third kappa shape index (κ3) is 3.78. The number of amides is 1. The maximum atomic E-state index is 11.9. The molecule has 1 aromatic carbocycles. The Labute approximate surface area is 114 Å². The van der Waals surface area contributed by atoms with Gasteiger partial charge in [0.15, 0.2) is 0 Å². The molecule has 1 saturated heterocycles. The summed E-state index contributed by atoms with van der Waals surface area (Å²) in [5, 5.41) is 3.25. The quantitative estimate of drug-likeness (QED) is 0.763. The minimum absolute atomic E-state index is 0.0107. The number of unbranched alkanes of at least 4 members (excludes halogenated alkanes) is 1. The maximum absolute atomic E-state index is 11.9. The Hall–Kier alpha value is -1.39. The van der Waals surface area contributed by atoms with Gasteiger partial charge in [-0.3, -0.25) is 10.1 Å². The van der Waals surface area contributed by atoms with Crippen molar-refractivity contribution < 1.29 is 9.53 Å². The average Bonchev–Trinajstić information content (AvgIpc) is 2.81. The highest BCUT2D eigenvalue weighted by molar-refractivity contribution is 5.80. The molecule has 1 fully saturated rings. The highest BCUT2D eigenvalue weighted by atomic mass is 16.5. The molecule has 4 heteroatoms. The molecule has 1 aliphatic rings. The largest absolute Gasteiger partial charge is 0.380 e. The Morgan fingerprint density at radius 3 is 2.84 bits per heavy atom. The fraction of sp³-hybridized carbons (Fsp3) is 0.533. The molecule has 0 spiro atoms. The van der Waals surface area contributed by atoms with E-state index in [0.29, 0.717) is 19.7 Å². The molecule has 1 aromatic rings. The highest BCUT2D eigenvalue weighted by Crippen LogP contribution is 2.21. The van der Waals surface area contributed by atoms with Crippen LogP contribution in [-0.2, 0) is 9.53 Å². The van der Waals surface area contributed by atoms with Crippen LogP contribution in [-0.4, -0.2) is 37.1 Å². The summed E-state index contributed by atoms with van der Waals surface area (Å²) in [7, 11) is 0. The van der Waals surface area contributed by atoms with Gasteiger partial charge in [0.05, 0.1) is 13.2 Å². The Kier molecular flexibility index (Phi) is 5.36. The van der Waals surface area contributed by atoms with Crippen molar-refractivity contribution in [3.8, 4) is 0 Å². The lowest BCUT2D eigenvalue weighted by Gasteiger charge is -2.24. The predicted molar refractivity (Wildman–Crippen MR) is 74.6 cm³/mol. The van der Waals surface area contributed by atoms with E-state index in [4.69, 9.17) is 4.74 Å². The zero-order valence-electron chi connectivity index (χ0n) is 11.5. The number of hydrogen-bond acceptors (Lipinski definition) is 3. The lowest BCUT2D eigenvalue weighted by atomic mass is 10.1. The molecule has 104 valence electrons. The third-order valence-electron chi connectivity index (χ3n) is 3.31. The molecular weight excluding hydrogens is 240 g/mol. The Morgan fingerprint density at radius 1 is 1.32 bits per heavy atom. The number of ether oxygens (including phenoxy) is 1. The van der Waals surface area contributed by atoms with Crippen molar-refractivity contribution >= 4 is 5.91 Å². The molecule has 1 atom stereocenters. The standard InChI is InChI=1S/C15H22N2O2/c1-2-3-10-19-11-9-17-14(18)12-16-15(17)13-7-5-4-6-8-13/h4-8,15-16H,2-3,9-12H2,1H3. The van der Waals surface area contributed by atoms with Gasteiger partial charge < -0.3 is 9.64 Å². The number of carbonyl (C=O) groups excluding carboxylic acids is 1. The lowest BCUT2D eigenvalue weighted by Crippen LogP contribution is -2.33. The zero-order chi connectivity index (χ0) is 13.5. The van der Waals surface area contributed by atoms with Crippen LogP contribution in [0, 0.1) is 0 Å². The molecule has 0 aliphatic carbocycles. The van der Waals surface area contributed by atoms with Gasteiger partial charge in [-0.2, -0.15) is 0 Å². The van der Waals surface area contributed by atoms with E-state index in [1.54, 1.807) is 0 Å². The summed E-state index contributed by atoms with van der Waals surface area (Å²) in [6.07, 6.45) is 2.20. The molecule has 0 bridgehead atoms. The Balaban J connectivity index is 1.87. The maximum Gasteiger partial charge on any atom is 0.238 e. The molecule has 1 aliphatic heterocycles. The fourth-order valence-electron chi connectivity index (χ4n) is 2.24. The smallest absolute Gasteiger partial charge is 0.238 e. The number of rotatable bonds is 7. The average molecular weight is 262 g/mol. The second-order valence-electron chi connectivity index (χ2n) is 4.75. The van der Waals surface area contributed by atoms with Crippen LogP contribution in [0.4, 0.5) is 0 Å². The van der Waals surface area contributed by atoms with Crippen LogP contribution in [0.1, 0.15) is 31.5 Å². The van der Waals surface area contributed by atoms with Gasteiger partial charge in [-0.05, 0) is 12.0 Å². The summed E-state index contributed by atoms with van der Waals surface area (Å²) in [4.78, 5) is 13.7.